The Morgan fingerprint density at radius 2 is 1.56 bits per heavy atom. The van der Waals surface area contributed by atoms with Crippen LogP contribution < -0.4 is 10.6 Å². The van der Waals surface area contributed by atoms with E-state index in [0.717, 1.165) is 0 Å². The lowest BCUT2D eigenvalue weighted by Gasteiger charge is -2.23. The highest BCUT2D eigenvalue weighted by atomic mass is 16.6. The molecule has 0 radical (unpaired) electrons. The number of carboxylic acids is 1. The molecule has 7 heteroatoms. The second kappa shape index (κ2) is 8.35. The fraction of sp³-hybridized carbons (Fsp3) is 0.250. The number of rotatable bonds is 5. The Labute approximate surface area is 157 Å². The maximum Gasteiger partial charge on any atom is 0.408 e. The van der Waals surface area contributed by atoms with E-state index in [1.165, 1.54) is 24.3 Å². The van der Waals surface area contributed by atoms with Crippen molar-refractivity contribution in [3.8, 4) is 0 Å². The highest BCUT2D eigenvalue weighted by Gasteiger charge is 2.26. The van der Waals surface area contributed by atoms with Crippen LogP contribution in [0.1, 0.15) is 42.7 Å². The topological polar surface area (TPSA) is 105 Å². The molecule has 7 nitrogen and oxygen atoms in total. The van der Waals surface area contributed by atoms with Crippen molar-refractivity contribution < 1.29 is 24.2 Å². The Kier molecular flexibility index (Phi) is 6.18. The minimum Gasteiger partial charge on any atom is -0.478 e. The number of amides is 2. The number of carbonyl (C=O) groups excluding carboxylic acids is 2. The van der Waals surface area contributed by atoms with E-state index in [1.54, 1.807) is 51.1 Å². The van der Waals surface area contributed by atoms with Gasteiger partial charge in [0.1, 0.15) is 11.6 Å². The van der Waals surface area contributed by atoms with Gasteiger partial charge in [0, 0.05) is 5.69 Å². The maximum absolute atomic E-state index is 12.7. The first-order valence-corrected chi connectivity index (χ1v) is 8.34. The van der Waals surface area contributed by atoms with Crippen LogP contribution in [0, 0.1) is 0 Å². The molecule has 0 heterocycles. The average Bonchev–Trinajstić information content (AvgIpc) is 2.59. The van der Waals surface area contributed by atoms with Crippen molar-refractivity contribution in [2.45, 2.75) is 32.4 Å². The van der Waals surface area contributed by atoms with Gasteiger partial charge in [-0.05, 0) is 50.6 Å². The van der Waals surface area contributed by atoms with E-state index in [1.807, 2.05) is 0 Å². The molecule has 2 amide bonds. The molecule has 142 valence electrons. The van der Waals surface area contributed by atoms with Crippen LogP contribution in [0.2, 0.25) is 0 Å². The summed E-state index contributed by atoms with van der Waals surface area (Å²) in [6.45, 7) is 5.19. The van der Waals surface area contributed by atoms with E-state index < -0.39 is 29.6 Å². The third kappa shape index (κ3) is 6.14. The van der Waals surface area contributed by atoms with Crippen molar-refractivity contribution in [1.29, 1.82) is 0 Å². The zero-order chi connectivity index (χ0) is 20.0. The van der Waals surface area contributed by atoms with Crippen molar-refractivity contribution in [3.05, 3.63) is 65.7 Å². The van der Waals surface area contributed by atoms with Gasteiger partial charge in [0.15, 0.2) is 0 Å². The van der Waals surface area contributed by atoms with Crippen LogP contribution in [0.25, 0.3) is 0 Å². The molecule has 0 fully saturated rings. The van der Waals surface area contributed by atoms with Crippen LogP contribution in [0.15, 0.2) is 54.6 Å². The monoisotopic (exact) mass is 370 g/mol. The summed E-state index contributed by atoms with van der Waals surface area (Å²) in [5, 5.41) is 14.2. The molecule has 0 saturated heterocycles. The van der Waals surface area contributed by atoms with Crippen LogP contribution in [-0.4, -0.2) is 28.7 Å². The van der Waals surface area contributed by atoms with Gasteiger partial charge in [-0.15, -0.1) is 0 Å². The molecule has 2 aromatic carbocycles. The highest BCUT2D eigenvalue weighted by Crippen LogP contribution is 2.18. The van der Waals surface area contributed by atoms with Gasteiger partial charge in [0.2, 0.25) is 0 Å². The molecule has 2 rings (SSSR count). The summed E-state index contributed by atoms with van der Waals surface area (Å²) in [5.41, 5.74) is 0.411. The van der Waals surface area contributed by atoms with E-state index in [0.29, 0.717) is 11.3 Å². The van der Waals surface area contributed by atoms with Crippen molar-refractivity contribution in [3.63, 3.8) is 0 Å². The standard InChI is InChI=1S/C20H22N2O5/c1-20(2,3)27-19(26)22-16(13-7-5-4-6-8-13)17(23)21-15-11-9-14(10-12-15)18(24)25/h4-12,16H,1-3H3,(H,21,23)(H,22,26)(H,24,25)/t16-/m0/s1. The van der Waals surface area contributed by atoms with Crippen LogP contribution in [0.4, 0.5) is 10.5 Å². The summed E-state index contributed by atoms with van der Waals surface area (Å²) in [5.74, 6) is -1.53. The van der Waals surface area contributed by atoms with Gasteiger partial charge in [-0.25, -0.2) is 9.59 Å². The van der Waals surface area contributed by atoms with Crippen molar-refractivity contribution >= 4 is 23.7 Å². The molecule has 1 atom stereocenters. The quantitative estimate of drug-likeness (QED) is 0.746. The number of hydrogen-bond donors (Lipinski definition) is 3. The predicted molar refractivity (Wildman–Crippen MR) is 101 cm³/mol. The Morgan fingerprint density at radius 1 is 0.963 bits per heavy atom. The molecule has 0 bridgehead atoms. The summed E-state index contributed by atoms with van der Waals surface area (Å²) in [4.78, 5) is 35.8. The van der Waals surface area contributed by atoms with Gasteiger partial charge in [-0.1, -0.05) is 30.3 Å². The molecule has 0 unspecified atom stereocenters. The number of nitrogens with one attached hydrogen (secondary N) is 2. The number of benzene rings is 2. The largest absolute Gasteiger partial charge is 0.478 e. The van der Waals surface area contributed by atoms with E-state index >= 15 is 0 Å². The van der Waals surface area contributed by atoms with Gasteiger partial charge in [-0.2, -0.15) is 0 Å². The normalized spacial score (nSPS) is 12.0. The lowest BCUT2D eigenvalue weighted by molar-refractivity contribution is -0.118. The molecule has 2 aromatic rings. The Bertz CT molecular complexity index is 811. The van der Waals surface area contributed by atoms with Gasteiger partial charge in [0.05, 0.1) is 5.56 Å². The van der Waals surface area contributed by atoms with E-state index in [-0.39, 0.29) is 5.56 Å². The first-order valence-electron chi connectivity index (χ1n) is 8.34. The number of alkyl carbamates (subject to hydrolysis) is 1. The third-order valence-corrected chi connectivity index (χ3v) is 3.46. The highest BCUT2D eigenvalue weighted by molar-refractivity contribution is 5.97. The zero-order valence-electron chi connectivity index (χ0n) is 15.4. The van der Waals surface area contributed by atoms with Crippen LogP contribution in [-0.2, 0) is 9.53 Å². The number of carbonyl (C=O) groups is 3. The number of aromatic carboxylic acids is 1. The fourth-order valence-electron chi connectivity index (χ4n) is 2.28. The summed E-state index contributed by atoms with van der Waals surface area (Å²) >= 11 is 0. The molecule has 0 aliphatic carbocycles. The minimum atomic E-state index is -1.05. The first-order chi connectivity index (χ1) is 12.7. The van der Waals surface area contributed by atoms with E-state index in [4.69, 9.17) is 9.84 Å². The fourth-order valence-corrected chi connectivity index (χ4v) is 2.28. The molecule has 27 heavy (non-hydrogen) atoms. The molecule has 0 aliphatic heterocycles. The molecule has 0 spiro atoms. The Morgan fingerprint density at radius 3 is 2.07 bits per heavy atom. The Hall–Kier alpha value is -3.35. The SMILES string of the molecule is CC(C)(C)OC(=O)N[C@H](C(=O)Nc1ccc(C(=O)O)cc1)c1ccccc1. The number of ether oxygens (including phenoxy) is 1. The van der Waals surface area contributed by atoms with Crippen molar-refractivity contribution in [1.82, 2.24) is 5.32 Å². The van der Waals surface area contributed by atoms with Gasteiger partial charge < -0.3 is 20.5 Å². The van der Waals surface area contributed by atoms with E-state index in [9.17, 15) is 14.4 Å². The van der Waals surface area contributed by atoms with Crippen molar-refractivity contribution in [2.24, 2.45) is 0 Å². The van der Waals surface area contributed by atoms with E-state index in [2.05, 4.69) is 10.6 Å². The average molecular weight is 370 g/mol. The summed E-state index contributed by atoms with van der Waals surface area (Å²) in [6.07, 6.45) is -0.715. The van der Waals surface area contributed by atoms with Crippen LogP contribution in [0.5, 0.6) is 0 Å². The molecule has 0 aliphatic rings. The smallest absolute Gasteiger partial charge is 0.408 e. The second-order valence-corrected chi connectivity index (χ2v) is 6.86. The lowest BCUT2D eigenvalue weighted by atomic mass is 10.1. The molecule has 3 N–H and O–H groups in total. The predicted octanol–water partition coefficient (Wildman–Crippen LogP) is 3.59. The Balaban J connectivity index is 2.18. The molecular formula is C20H22N2O5. The van der Waals surface area contributed by atoms with Crippen LogP contribution in [0.3, 0.4) is 0 Å². The van der Waals surface area contributed by atoms with Gasteiger partial charge in [0.25, 0.3) is 5.91 Å². The summed E-state index contributed by atoms with van der Waals surface area (Å²) in [7, 11) is 0. The lowest BCUT2D eigenvalue weighted by Crippen LogP contribution is -2.40. The first kappa shape index (κ1) is 20.0. The number of carboxylic acid groups (broad SMARTS) is 1. The molecule has 0 aromatic heterocycles. The summed E-state index contributed by atoms with van der Waals surface area (Å²) in [6, 6.07) is 13.5. The third-order valence-electron chi connectivity index (χ3n) is 3.46. The molecular weight excluding hydrogens is 348 g/mol. The van der Waals surface area contributed by atoms with Gasteiger partial charge >= 0.3 is 12.1 Å². The van der Waals surface area contributed by atoms with Crippen LogP contribution >= 0.6 is 0 Å². The zero-order valence-corrected chi connectivity index (χ0v) is 15.4. The van der Waals surface area contributed by atoms with Crippen molar-refractivity contribution in [2.75, 3.05) is 5.32 Å². The minimum absolute atomic E-state index is 0.111. The second-order valence-electron chi connectivity index (χ2n) is 6.86. The number of anilines is 1. The van der Waals surface area contributed by atoms with Gasteiger partial charge in [-0.3, -0.25) is 4.79 Å². The molecule has 0 saturated carbocycles. The maximum atomic E-state index is 12.7. The number of hydrogen-bond acceptors (Lipinski definition) is 4. The summed E-state index contributed by atoms with van der Waals surface area (Å²) < 4.78 is 5.24.